The first-order valence-electron chi connectivity index (χ1n) is 5.89. The van der Waals surface area contributed by atoms with Crippen LogP contribution in [0.2, 0.25) is 0 Å². The summed E-state index contributed by atoms with van der Waals surface area (Å²) in [5.74, 6) is 0. The van der Waals surface area contributed by atoms with Crippen LogP contribution in [-0.2, 0) is 27.1 Å². The quantitative estimate of drug-likeness (QED) is 0.660. The molecule has 2 aromatic rings. The molecular weight excluding hydrogens is 218 g/mol. The van der Waals surface area contributed by atoms with Gasteiger partial charge in [-0.15, -0.1) is 0 Å². The maximum absolute atomic E-state index is 12.1. The molecule has 90 valence electrons. The fourth-order valence-corrected chi connectivity index (χ4v) is 2.74. The maximum Gasteiger partial charge on any atom is 0.331 e. The van der Waals surface area contributed by atoms with Crippen molar-refractivity contribution in [2.24, 2.45) is 14.1 Å². The molecule has 5 nitrogen and oxygen atoms in total. The number of hydrogen-bond donors (Lipinski definition) is 0. The van der Waals surface area contributed by atoms with E-state index < -0.39 is 0 Å². The summed E-state index contributed by atoms with van der Waals surface area (Å²) in [6.07, 6.45) is 5.11. The minimum Gasteiger partial charge on any atom is -0.349 e. The zero-order chi connectivity index (χ0) is 12.2. The van der Waals surface area contributed by atoms with Crippen molar-refractivity contribution in [1.29, 1.82) is 0 Å². The van der Waals surface area contributed by atoms with E-state index >= 15 is 0 Å². The molecule has 0 fully saturated rings. The van der Waals surface area contributed by atoms with Gasteiger partial charge in [-0.2, -0.15) is 0 Å². The summed E-state index contributed by atoms with van der Waals surface area (Å²) in [6, 6.07) is 0. The molecule has 17 heavy (non-hydrogen) atoms. The van der Waals surface area contributed by atoms with Crippen molar-refractivity contribution in [3.8, 4) is 0 Å². The molecule has 0 spiro atoms. The zero-order valence-corrected chi connectivity index (χ0v) is 10.1. The van der Waals surface area contributed by atoms with Crippen LogP contribution in [0.25, 0.3) is 10.9 Å². The second kappa shape index (κ2) is 3.35. The van der Waals surface area contributed by atoms with Gasteiger partial charge >= 0.3 is 5.69 Å². The van der Waals surface area contributed by atoms with E-state index in [0.29, 0.717) is 5.39 Å². The van der Waals surface area contributed by atoms with Crippen LogP contribution in [0.5, 0.6) is 0 Å². The van der Waals surface area contributed by atoms with Crippen molar-refractivity contribution in [3.63, 3.8) is 0 Å². The minimum absolute atomic E-state index is 0.190. The normalized spacial score (nSPS) is 15.2. The van der Waals surface area contributed by atoms with E-state index in [4.69, 9.17) is 0 Å². The van der Waals surface area contributed by atoms with E-state index in [1.165, 1.54) is 11.6 Å². The van der Waals surface area contributed by atoms with Crippen LogP contribution in [0.4, 0.5) is 0 Å². The van der Waals surface area contributed by atoms with Crippen molar-refractivity contribution in [2.75, 3.05) is 0 Å². The largest absolute Gasteiger partial charge is 0.349 e. The van der Waals surface area contributed by atoms with Gasteiger partial charge in [-0.1, -0.05) is 0 Å². The molecule has 0 saturated carbocycles. The smallest absolute Gasteiger partial charge is 0.331 e. The van der Waals surface area contributed by atoms with E-state index in [-0.39, 0.29) is 11.2 Å². The van der Waals surface area contributed by atoms with E-state index in [1.54, 1.807) is 11.6 Å². The highest BCUT2D eigenvalue weighted by atomic mass is 16.2. The second-order valence-electron chi connectivity index (χ2n) is 4.69. The van der Waals surface area contributed by atoms with Crippen LogP contribution in [0.1, 0.15) is 18.5 Å². The minimum atomic E-state index is -0.248. The molecule has 0 aliphatic carbocycles. The molecular formula is C12H15N3O2. The highest BCUT2D eigenvalue weighted by Crippen LogP contribution is 2.23. The van der Waals surface area contributed by atoms with Crippen LogP contribution in [0, 0.1) is 0 Å². The van der Waals surface area contributed by atoms with Gasteiger partial charge in [-0.05, 0) is 19.3 Å². The molecule has 0 N–H and O–H groups in total. The van der Waals surface area contributed by atoms with E-state index in [2.05, 4.69) is 4.57 Å². The maximum atomic E-state index is 12.1. The van der Waals surface area contributed by atoms with Gasteiger partial charge in [0.05, 0.1) is 10.9 Å². The number of aryl methyl sites for hydroxylation is 3. The number of hydrogen-bond acceptors (Lipinski definition) is 2. The van der Waals surface area contributed by atoms with Crippen LogP contribution in [0.3, 0.4) is 0 Å². The molecule has 2 aromatic heterocycles. The van der Waals surface area contributed by atoms with Gasteiger partial charge in [0, 0.05) is 32.5 Å². The topological polar surface area (TPSA) is 48.9 Å². The Balaban J connectivity index is 2.55. The predicted octanol–water partition coefficient (Wildman–Crippen LogP) is 0.375. The van der Waals surface area contributed by atoms with Gasteiger partial charge < -0.3 is 4.57 Å². The molecule has 0 aromatic carbocycles. The molecule has 3 heterocycles. The Morgan fingerprint density at radius 3 is 2.65 bits per heavy atom. The molecule has 0 radical (unpaired) electrons. The molecule has 5 heteroatoms. The average Bonchev–Trinajstić information content (AvgIpc) is 2.73. The first-order chi connectivity index (χ1) is 8.11. The van der Waals surface area contributed by atoms with Gasteiger partial charge in [0.1, 0.15) is 0 Å². The van der Waals surface area contributed by atoms with Crippen LogP contribution in [-0.4, -0.2) is 13.7 Å². The fraction of sp³-hybridized carbons (Fsp3) is 0.500. The van der Waals surface area contributed by atoms with Crippen LogP contribution < -0.4 is 11.2 Å². The third kappa shape index (κ3) is 1.25. The lowest BCUT2D eigenvalue weighted by molar-refractivity contribution is 0.534. The predicted molar refractivity (Wildman–Crippen MR) is 65.4 cm³/mol. The molecule has 3 rings (SSSR count). The van der Waals surface area contributed by atoms with Crippen molar-refractivity contribution >= 4 is 10.9 Å². The molecule has 0 atom stereocenters. The lowest BCUT2D eigenvalue weighted by Gasteiger charge is -2.15. The van der Waals surface area contributed by atoms with Gasteiger partial charge in [0.2, 0.25) is 0 Å². The number of aromatic nitrogens is 3. The third-order valence-electron chi connectivity index (χ3n) is 3.67. The summed E-state index contributed by atoms with van der Waals surface area (Å²) in [6.45, 7) is 0.946. The summed E-state index contributed by atoms with van der Waals surface area (Å²) in [7, 11) is 3.26. The zero-order valence-electron chi connectivity index (χ0n) is 10.1. The Hall–Kier alpha value is -1.78. The first kappa shape index (κ1) is 10.4. The van der Waals surface area contributed by atoms with Crippen molar-refractivity contribution in [1.82, 2.24) is 13.7 Å². The van der Waals surface area contributed by atoms with Crippen molar-refractivity contribution in [3.05, 3.63) is 32.7 Å². The van der Waals surface area contributed by atoms with E-state index in [0.717, 1.165) is 37.0 Å². The lowest BCUT2D eigenvalue weighted by Crippen LogP contribution is -2.36. The Morgan fingerprint density at radius 2 is 1.88 bits per heavy atom. The van der Waals surface area contributed by atoms with Gasteiger partial charge in [-0.3, -0.25) is 13.9 Å². The van der Waals surface area contributed by atoms with E-state index in [9.17, 15) is 9.59 Å². The summed E-state index contributed by atoms with van der Waals surface area (Å²) in [5.41, 5.74) is 1.51. The Kier molecular flexibility index (Phi) is 2.05. The Morgan fingerprint density at radius 1 is 1.12 bits per heavy atom. The SMILES string of the molecule is Cn1c(=O)c2cn3c(c2n(C)c1=O)CCCC3. The molecule has 0 amide bonds. The lowest BCUT2D eigenvalue weighted by atomic mass is 10.1. The summed E-state index contributed by atoms with van der Waals surface area (Å²) in [4.78, 5) is 24.0. The second-order valence-corrected chi connectivity index (χ2v) is 4.69. The summed E-state index contributed by atoms with van der Waals surface area (Å²) >= 11 is 0. The number of rotatable bonds is 0. The number of fused-ring (bicyclic) bond motifs is 3. The fourth-order valence-electron chi connectivity index (χ4n) is 2.74. The van der Waals surface area contributed by atoms with E-state index in [1.807, 2.05) is 6.20 Å². The monoisotopic (exact) mass is 233 g/mol. The highest BCUT2D eigenvalue weighted by Gasteiger charge is 2.19. The highest BCUT2D eigenvalue weighted by molar-refractivity contribution is 5.81. The number of nitrogens with zero attached hydrogens (tertiary/aromatic N) is 3. The average molecular weight is 233 g/mol. The Labute approximate surface area is 97.9 Å². The molecule has 0 unspecified atom stereocenters. The third-order valence-corrected chi connectivity index (χ3v) is 3.67. The van der Waals surface area contributed by atoms with Crippen LogP contribution >= 0.6 is 0 Å². The standard InChI is InChI=1S/C12H15N3O2/c1-13-10-8(11(16)14(2)12(13)17)7-15-6-4-3-5-9(10)15/h7H,3-6H2,1-2H3. The van der Waals surface area contributed by atoms with Gasteiger partial charge in [0.15, 0.2) is 0 Å². The van der Waals surface area contributed by atoms with Crippen LogP contribution in [0.15, 0.2) is 15.8 Å². The summed E-state index contributed by atoms with van der Waals surface area (Å²) < 4.78 is 4.89. The first-order valence-corrected chi connectivity index (χ1v) is 5.89. The molecule has 1 aliphatic rings. The molecule has 0 bridgehead atoms. The Bertz CT molecular complexity index is 718. The molecule has 1 aliphatic heterocycles. The van der Waals surface area contributed by atoms with Crippen molar-refractivity contribution < 1.29 is 0 Å². The van der Waals surface area contributed by atoms with Crippen molar-refractivity contribution in [2.45, 2.75) is 25.8 Å². The molecule has 0 saturated heterocycles. The van der Waals surface area contributed by atoms with Gasteiger partial charge in [0.25, 0.3) is 5.56 Å². The van der Waals surface area contributed by atoms with Gasteiger partial charge in [-0.25, -0.2) is 4.79 Å². The summed E-state index contributed by atoms with van der Waals surface area (Å²) in [5, 5.41) is 0.659.